The molecule has 0 aliphatic carbocycles. The summed E-state index contributed by atoms with van der Waals surface area (Å²) in [5.41, 5.74) is 7.12. The lowest BCUT2D eigenvalue weighted by atomic mass is 9.97. The van der Waals surface area contributed by atoms with E-state index in [9.17, 15) is 0 Å². The summed E-state index contributed by atoms with van der Waals surface area (Å²) in [6, 6.07) is 0. The van der Waals surface area contributed by atoms with Crippen LogP contribution >= 0.6 is 11.6 Å². The molecular formula is C8H14ClN3. The number of halogens is 1. The number of rotatable bonds is 2. The minimum atomic E-state index is 0.430. The van der Waals surface area contributed by atoms with Gasteiger partial charge in [0, 0.05) is 17.7 Å². The smallest absolute Gasteiger partial charge is 0.102 e. The Balaban J connectivity index is 2.44. The van der Waals surface area contributed by atoms with Crippen LogP contribution in [0.1, 0.15) is 12.8 Å². The van der Waals surface area contributed by atoms with Gasteiger partial charge in [0.15, 0.2) is 0 Å². The van der Waals surface area contributed by atoms with Crippen molar-refractivity contribution in [1.82, 2.24) is 5.32 Å². The van der Waals surface area contributed by atoms with Crippen molar-refractivity contribution in [2.24, 2.45) is 16.6 Å². The second kappa shape index (κ2) is 5.17. The zero-order valence-corrected chi connectivity index (χ0v) is 7.72. The Morgan fingerprint density at radius 2 is 2.17 bits per heavy atom. The summed E-state index contributed by atoms with van der Waals surface area (Å²) in [4.78, 5) is 4.02. The number of nitrogens with one attached hydrogen (secondary N) is 1. The average Bonchev–Trinajstić information content (AvgIpc) is 2.15. The van der Waals surface area contributed by atoms with Crippen LogP contribution in [0, 0.1) is 5.92 Å². The van der Waals surface area contributed by atoms with Gasteiger partial charge >= 0.3 is 0 Å². The fourth-order valence-electron chi connectivity index (χ4n) is 1.34. The molecule has 1 rings (SSSR count). The Hall–Kier alpha value is -0.540. The van der Waals surface area contributed by atoms with E-state index in [2.05, 4.69) is 10.3 Å². The standard InChI is InChI=1S/C8H14ClN3/c9-3-6-12-8(10)7-1-4-11-5-2-7/h3,6-7,11H,1-2,4-5H2,(H2,10,12). The molecule has 4 heteroatoms. The molecule has 0 aromatic rings. The lowest BCUT2D eigenvalue weighted by molar-refractivity contribution is 0.454. The second-order valence-electron chi connectivity index (χ2n) is 2.85. The van der Waals surface area contributed by atoms with Gasteiger partial charge in [0.25, 0.3) is 0 Å². The van der Waals surface area contributed by atoms with Gasteiger partial charge in [-0.25, -0.2) is 4.99 Å². The maximum absolute atomic E-state index is 5.75. The molecule has 3 N–H and O–H groups in total. The van der Waals surface area contributed by atoms with Gasteiger partial charge in [0.2, 0.25) is 0 Å². The molecule has 0 spiro atoms. The Kier molecular flexibility index (Phi) is 4.11. The average molecular weight is 188 g/mol. The summed E-state index contributed by atoms with van der Waals surface area (Å²) in [7, 11) is 0. The topological polar surface area (TPSA) is 50.4 Å². The third kappa shape index (κ3) is 2.83. The van der Waals surface area contributed by atoms with Crippen molar-refractivity contribution in [3.63, 3.8) is 0 Å². The largest absolute Gasteiger partial charge is 0.387 e. The third-order valence-corrected chi connectivity index (χ3v) is 2.15. The van der Waals surface area contributed by atoms with Crippen LogP contribution in [0.5, 0.6) is 0 Å². The zero-order valence-electron chi connectivity index (χ0n) is 6.96. The fraction of sp³-hybridized carbons (Fsp3) is 0.625. The van der Waals surface area contributed by atoms with E-state index in [1.54, 1.807) is 0 Å². The van der Waals surface area contributed by atoms with Crippen molar-refractivity contribution >= 4 is 17.4 Å². The number of nitrogens with zero attached hydrogens (tertiary/aromatic N) is 1. The van der Waals surface area contributed by atoms with Crippen LogP contribution in [-0.2, 0) is 0 Å². The summed E-state index contributed by atoms with van der Waals surface area (Å²) in [5.74, 6) is 1.13. The van der Waals surface area contributed by atoms with E-state index in [1.165, 1.54) is 11.7 Å². The lowest BCUT2D eigenvalue weighted by Crippen LogP contribution is -2.35. The van der Waals surface area contributed by atoms with Gasteiger partial charge in [-0.3, -0.25) is 0 Å². The van der Waals surface area contributed by atoms with E-state index in [-0.39, 0.29) is 0 Å². The molecule has 1 fully saturated rings. The number of piperidine rings is 1. The van der Waals surface area contributed by atoms with E-state index in [1.807, 2.05) is 0 Å². The molecule has 0 aromatic carbocycles. The summed E-state index contributed by atoms with van der Waals surface area (Å²) in [6.07, 6.45) is 3.68. The molecule has 3 nitrogen and oxygen atoms in total. The predicted molar refractivity (Wildman–Crippen MR) is 52.2 cm³/mol. The molecule has 1 saturated heterocycles. The van der Waals surface area contributed by atoms with Crippen molar-refractivity contribution in [1.29, 1.82) is 0 Å². The van der Waals surface area contributed by atoms with Crippen LogP contribution in [0.4, 0.5) is 0 Å². The van der Waals surface area contributed by atoms with Gasteiger partial charge < -0.3 is 11.1 Å². The molecule has 1 aliphatic heterocycles. The summed E-state index contributed by atoms with van der Waals surface area (Å²) in [6.45, 7) is 2.07. The maximum atomic E-state index is 5.75. The highest BCUT2D eigenvalue weighted by Gasteiger charge is 2.15. The lowest BCUT2D eigenvalue weighted by Gasteiger charge is -2.21. The normalized spacial score (nSPS) is 21.9. The first-order chi connectivity index (χ1) is 5.84. The van der Waals surface area contributed by atoms with E-state index in [4.69, 9.17) is 17.3 Å². The van der Waals surface area contributed by atoms with Crippen LogP contribution < -0.4 is 11.1 Å². The molecule has 0 amide bonds. The molecule has 0 bridgehead atoms. The van der Waals surface area contributed by atoms with Crippen molar-refractivity contribution in [3.05, 3.63) is 11.7 Å². The van der Waals surface area contributed by atoms with Gasteiger partial charge in [0.05, 0.1) is 0 Å². The van der Waals surface area contributed by atoms with Crippen molar-refractivity contribution < 1.29 is 0 Å². The van der Waals surface area contributed by atoms with Crippen LogP contribution in [0.15, 0.2) is 16.7 Å². The summed E-state index contributed by atoms with van der Waals surface area (Å²) in [5, 5.41) is 3.27. The molecule has 0 saturated carbocycles. The second-order valence-corrected chi connectivity index (χ2v) is 3.11. The van der Waals surface area contributed by atoms with Crippen LogP contribution in [-0.4, -0.2) is 18.9 Å². The molecule has 0 atom stereocenters. The SMILES string of the molecule is NC(=NC=CCl)C1CCNCC1. The molecule has 1 aliphatic rings. The highest BCUT2D eigenvalue weighted by molar-refractivity contribution is 6.25. The molecule has 0 radical (unpaired) electrons. The predicted octanol–water partition coefficient (Wildman–Crippen LogP) is 1.05. The fourth-order valence-corrected chi connectivity index (χ4v) is 1.39. The molecule has 0 unspecified atom stereocenters. The first kappa shape index (κ1) is 9.55. The molecular weight excluding hydrogens is 174 g/mol. The van der Waals surface area contributed by atoms with E-state index >= 15 is 0 Å². The maximum Gasteiger partial charge on any atom is 0.102 e. The van der Waals surface area contributed by atoms with Crippen LogP contribution in [0.25, 0.3) is 0 Å². The first-order valence-corrected chi connectivity index (χ1v) is 4.57. The van der Waals surface area contributed by atoms with Crippen molar-refractivity contribution in [3.8, 4) is 0 Å². The number of amidine groups is 1. The van der Waals surface area contributed by atoms with Crippen molar-refractivity contribution in [2.45, 2.75) is 12.8 Å². The highest BCUT2D eigenvalue weighted by atomic mass is 35.5. The van der Waals surface area contributed by atoms with Gasteiger partial charge in [-0.05, 0) is 25.9 Å². The monoisotopic (exact) mass is 187 g/mol. The Labute approximate surface area is 77.7 Å². The van der Waals surface area contributed by atoms with E-state index in [0.29, 0.717) is 11.8 Å². The van der Waals surface area contributed by atoms with E-state index in [0.717, 1.165) is 25.9 Å². The Morgan fingerprint density at radius 1 is 1.50 bits per heavy atom. The third-order valence-electron chi connectivity index (χ3n) is 2.04. The molecule has 1 heterocycles. The minimum Gasteiger partial charge on any atom is -0.387 e. The molecule has 0 aromatic heterocycles. The first-order valence-electron chi connectivity index (χ1n) is 4.13. The van der Waals surface area contributed by atoms with Crippen LogP contribution in [0.3, 0.4) is 0 Å². The number of hydrogen-bond acceptors (Lipinski definition) is 2. The van der Waals surface area contributed by atoms with Crippen molar-refractivity contribution in [2.75, 3.05) is 13.1 Å². The number of nitrogens with two attached hydrogens (primary N) is 1. The van der Waals surface area contributed by atoms with Gasteiger partial charge in [-0.1, -0.05) is 11.6 Å². The Morgan fingerprint density at radius 3 is 2.75 bits per heavy atom. The summed E-state index contributed by atoms with van der Waals surface area (Å²) >= 11 is 5.33. The van der Waals surface area contributed by atoms with Crippen LogP contribution in [0.2, 0.25) is 0 Å². The number of aliphatic imine (C=N–C) groups is 1. The highest BCUT2D eigenvalue weighted by Crippen LogP contribution is 2.11. The Bertz CT molecular complexity index is 183. The van der Waals surface area contributed by atoms with Gasteiger partial charge in [-0.2, -0.15) is 0 Å². The molecule has 68 valence electrons. The minimum absolute atomic E-state index is 0.430. The number of hydrogen-bond donors (Lipinski definition) is 2. The van der Waals surface area contributed by atoms with Gasteiger partial charge in [0.1, 0.15) is 5.84 Å². The zero-order chi connectivity index (χ0) is 8.81. The van der Waals surface area contributed by atoms with Gasteiger partial charge in [-0.15, -0.1) is 0 Å². The van der Waals surface area contributed by atoms with E-state index < -0.39 is 0 Å². The quantitative estimate of drug-likeness (QED) is 0.502. The summed E-state index contributed by atoms with van der Waals surface area (Å²) < 4.78 is 0. The molecule has 12 heavy (non-hydrogen) atoms.